The molecule has 2 N–H and O–H groups in total. The number of H-pyrrole nitrogens is 1. The van der Waals surface area contributed by atoms with Gasteiger partial charge < -0.3 is 24.3 Å². The fourth-order valence-electron chi connectivity index (χ4n) is 2.78. The van der Waals surface area contributed by atoms with Gasteiger partial charge in [-0.3, -0.25) is 0 Å². The van der Waals surface area contributed by atoms with Gasteiger partial charge in [0.2, 0.25) is 0 Å². The van der Waals surface area contributed by atoms with E-state index in [0.29, 0.717) is 14.1 Å². The molecule has 4 rings (SSSR count). The minimum Gasteiger partial charge on any atom is -0.456 e. The van der Waals surface area contributed by atoms with Gasteiger partial charge in [0.25, 0.3) is 6.01 Å². The summed E-state index contributed by atoms with van der Waals surface area (Å²) in [7, 11) is 0. The van der Waals surface area contributed by atoms with Gasteiger partial charge in [-0.2, -0.15) is 4.98 Å². The molecule has 2 aromatic rings. The fraction of sp³-hybridized carbons (Fsp3) is 0.462. The van der Waals surface area contributed by atoms with Crippen molar-refractivity contribution >= 4 is 45.2 Å². The lowest BCUT2D eigenvalue weighted by atomic mass is 10.1. The molecule has 0 spiro atoms. The maximum Gasteiger partial charge on any atom is 0.295 e. The number of benzene rings is 1. The summed E-state index contributed by atoms with van der Waals surface area (Å²) in [5, 5.41) is 10.0. The van der Waals surface area contributed by atoms with Crippen molar-refractivity contribution in [2.75, 3.05) is 13.2 Å². The Morgan fingerprint density at radius 1 is 1.41 bits per heavy atom. The Hall–Kier alpha value is -0.680. The van der Waals surface area contributed by atoms with Crippen LogP contribution in [-0.2, 0) is 9.47 Å². The first-order chi connectivity index (χ1) is 10.5. The van der Waals surface area contributed by atoms with Crippen molar-refractivity contribution in [2.24, 2.45) is 0 Å². The second-order valence-corrected chi connectivity index (χ2v) is 6.73. The van der Waals surface area contributed by atoms with Crippen LogP contribution in [-0.4, -0.2) is 52.7 Å². The summed E-state index contributed by atoms with van der Waals surface area (Å²) in [5.74, 6) is -0.484. The summed E-state index contributed by atoms with van der Waals surface area (Å²) in [6.07, 6.45) is -1.79. The van der Waals surface area contributed by atoms with Gasteiger partial charge in [0.05, 0.1) is 27.3 Å². The number of aliphatic hydroxyl groups is 1. The van der Waals surface area contributed by atoms with Crippen molar-refractivity contribution in [2.45, 2.75) is 24.4 Å². The number of aromatic nitrogens is 2. The highest BCUT2D eigenvalue weighted by atomic mass is 127. The summed E-state index contributed by atoms with van der Waals surface area (Å²) in [6, 6.07) is 1.77. The predicted octanol–water partition coefficient (Wildman–Crippen LogP) is 1.87. The summed E-state index contributed by atoms with van der Waals surface area (Å²) in [6.45, 7) is 0.502. The van der Waals surface area contributed by atoms with E-state index in [2.05, 4.69) is 9.97 Å². The van der Waals surface area contributed by atoms with Crippen molar-refractivity contribution in [1.29, 1.82) is 0 Å². The minimum absolute atomic E-state index is 0.172. The zero-order chi connectivity index (χ0) is 15.4. The van der Waals surface area contributed by atoms with Gasteiger partial charge in [-0.15, -0.1) is 0 Å². The molecule has 2 aliphatic rings. The molecule has 2 fully saturated rings. The lowest BCUT2D eigenvalue weighted by Crippen LogP contribution is -2.34. The predicted molar refractivity (Wildman–Crippen MR) is 83.7 cm³/mol. The van der Waals surface area contributed by atoms with E-state index in [1.807, 2.05) is 22.6 Å². The Kier molecular flexibility index (Phi) is 3.68. The minimum atomic E-state index is -0.646. The Morgan fingerprint density at radius 2 is 2.18 bits per heavy atom. The summed E-state index contributed by atoms with van der Waals surface area (Å²) in [5.41, 5.74) is 0.632. The molecule has 0 saturated carbocycles. The van der Waals surface area contributed by atoms with Crippen LogP contribution in [0, 0.1) is 9.39 Å². The van der Waals surface area contributed by atoms with Crippen molar-refractivity contribution in [1.82, 2.24) is 9.97 Å². The molecule has 1 aromatic heterocycles. The monoisotopic (exact) mass is 440 g/mol. The van der Waals surface area contributed by atoms with E-state index in [4.69, 9.17) is 25.8 Å². The Labute approximate surface area is 143 Å². The lowest BCUT2D eigenvalue weighted by molar-refractivity contribution is 0.00706. The number of aliphatic hydroxyl groups excluding tert-OH is 1. The van der Waals surface area contributed by atoms with Gasteiger partial charge in [0.1, 0.15) is 23.8 Å². The molecule has 22 heavy (non-hydrogen) atoms. The summed E-state index contributed by atoms with van der Waals surface area (Å²) < 4.78 is 31.1. The number of rotatable bonds is 2. The highest BCUT2D eigenvalue weighted by molar-refractivity contribution is 14.1. The first kappa shape index (κ1) is 14.9. The molecule has 0 aliphatic carbocycles. The molecule has 0 unspecified atom stereocenters. The molecule has 118 valence electrons. The number of nitrogens with zero attached hydrogens (tertiary/aromatic N) is 1. The maximum atomic E-state index is 14.1. The molecule has 1 aromatic carbocycles. The molecule has 0 radical (unpaired) electrons. The van der Waals surface area contributed by atoms with Gasteiger partial charge in [-0.25, -0.2) is 4.39 Å². The van der Waals surface area contributed by atoms with Gasteiger partial charge in [-0.05, 0) is 28.7 Å². The van der Waals surface area contributed by atoms with E-state index in [9.17, 15) is 9.50 Å². The van der Waals surface area contributed by atoms with E-state index in [1.54, 1.807) is 6.07 Å². The summed E-state index contributed by atoms with van der Waals surface area (Å²) in [4.78, 5) is 7.01. The SMILES string of the molecule is O[C@@H]1CO[C@@H]2[C@H]1OC[C@@H]2Oc1nc2c(F)c(I)c(Cl)cc2[nH]1. The van der Waals surface area contributed by atoms with Crippen LogP contribution in [0.2, 0.25) is 5.02 Å². The third kappa shape index (κ3) is 2.28. The summed E-state index contributed by atoms with van der Waals surface area (Å²) >= 11 is 7.79. The third-order valence-electron chi connectivity index (χ3n) is 3.84. The van der Waals surface area contributed by atoms with E-state index >= 15 is 0 Å². The molecule has 2 saturated heterocycles. The largest absolute Gasteiger partial charge is 0.456 e. The second-order valence-electron chi connectivity index (χ2n) is 5.24. The van der Waals surface area contributed by atoms with Crippen LogP contribution >= 0.6 is 34.2 Å². The van der Waals surface area contributed by atoms with Crippen LogP contribution in [0.1, 0.15) is 0 Å². The van der Waals surface area contributed by atoms with Crippen molar-refractivity contribution in [3.8, 4) is 6.01 Å². The van der Waals surface area contributed by atoms with Crippen molar-refractivity contribution in [3.05, 3.63) is 20.5 Å². The molecule has 0 amide bonds. The standard InChI is InChI=1S/C13H11ClFIN2O4/c14-4-1-5-10(8(15)9(4)16)18-13(17-5)22-7-3-21-11-6(19)2-20-12(7)11/h1,6-7,11-12,19H,2-3H2,(H,17,18)/t6-,7+,11+,12+/m1/s1. The number of hydrogen-bond donors (Lipinski definition) is 2. The highest BCUT2D eigenvalue weighted by Gasteiger charge is 2.48. The zero-order valence-electron chi connectivity index (χ0n) is 11.1. The number of ether oxygens (including phenoxy) is 3. The molecule has 2 aliphatic heterocycles. The van der Waals surface area contributed by atoms with Gasteiger partial charge in [-0.1, -0.05) is 11.6 Å². The first-order valence-corrected chi connectivity index (χ1v) is 8.11. The van der Waals surface area contributed by atoms with Crippen LogP contribution < -0.4 is 4.74 Å². The van der Waals surface area contributed by atoms with Crippen molar-refractivity contribution in [3.63, 3.8) is 0 Å². The fourth-order valence-corrected chi connectivity index (χ4v) is 3.38. The molecule has 4 atom stereocenters. The van der Waals surface area contributed by atoms with Crippen LogP contribution in [0.4, 0.5) is 4.39 Å². The van der Waals surface area contributed by atoms with Crippen LogP contribution in [0.5, 0.6) is 6.01 Å². The lowest BCUT2D eigenvalue weighted by Gasteiger charge is -2.15. The Bertz CT molecular complexity index is 742. The molecule has 6 nitrogen and oxygen atoms in total. The van der Waals surface area contributed by atoms with Crippen LogP contribution in [0.15, 0.2) is 6.07 Å². The van der Waals surface area contributed by atoms with E-state index < -0.39 is 18.0 Å². The number of imidazole rings is 1. The zero-order valence-corrected chi connectivity index (χ0v) is 14.0. The van der Waals surface area contributed by atoms with Gasteiger partial charge in [0, 0.05) is 0 Å². The number of hydrogen-bond acceptors (Lipinski definition) is 5. The number of fused-ring (bicyclic) bond motifs is 2. The Morgan fingerprint density at radius 3 is 3.00 bits per heavy atom. The number of nitrogens with one attached hydrogen (secondary N) is 1. The Balaban J connectivity index is 1.61. The van der Waals surface area contributed by atoms with Gasteiger partial charge in [0.15, 0.2) is 11.9 Å². The number of aromatic amines is 1. The molecule has 3 heterocycles. The third-order valence-corrected chi connectivity index (χ3v) is 5.51. The maximum absolute atomic E-state index is 14.1. The molecule has 0 bridgehead atoms. The quantitative estimate of drug-likeness (QED) is 0.551. The van der Waals surface area contributed by atoms with E-state index in [-0.39, 0.29) is 36.9 Å². The molecular weight excluding hydrogens is 430 g/mol. The van der Waals surface area contributed by atoms with Gasteiger partial charge >= 0.3 is 0 Å². The van der Waals surface area contributed by atoms with Crippen LogP contribution in [0.3, 0.4) is 0 Å². The highest BCUT2D eigenvalue weighted by Crippen LogP contribution is 2.32. The van der Waals surface area contributed by atoms with Crippen LogP contribution in [0.25, 0.3) is 11.0 Å². The second kappa shape index (κ2) is 5.45. The smallest absolute Gasteiger partial charge is 0.295 e. The normalized spacial score (nSPS) is 30.9. The first-order valence-electron chi connectivity index (χ1n) is 6.65. The topological polar surface area (TPSA) is 76.6 Å². The van der Waals surface area contributed by atoms with E-state index in [0.717, 1.165) is 0 Å². The van der Waals surface area contributed by atoms with E-state index in [1.165, 1.54) is 0 Å². The number of halogens is 3. The average Bonchev–Trinajstić information content (AvgIpc) is 3.15. The molecule has 9 heteroatoms. The average molecular weight is 441 g/mol. The van der Waals surface area contributed by atoms with Crippen molar-refractivity contribution < 1.29 is 23.7 Å². The molecular formula is C13H11ClFIN2O4.